The third-order valence-electron chi connectivity index (χ3n) is 2.72. The van der Waals surface area contributed by atoms with E-state index in [2.05, 4.69) is 20.6 Å². The van der Waals surface area contributed by atoms with E-state index in [0.717, 1.165) is 0 Å². The Labute approximate surface area is 109 Å². The molecule has 0 aliphatic heterocycles. The number of nitrogen functional groups attached to an aromatic ring is 1. The number of fused-ring (bicyclic) bond motifs is 1. The van der Waals surface area contributed by atoms with Gasteiger partial charge in [-0.2, -0.15) is 0 Å². The third-order valence-corrected chi connectivity index (χ3v) is 2.72. The predicted molar refractivity (Wildman–Crippen MR) is 73.9 cm³/mol. The van der Waals surface area contributed by atoms with Crippen molar-refractivity contribution in [1.29, 1.82) is 0 Å². The summed E-state index contributed by atoms with van der Waals surface area (Å²) < 4.78 is 0. The second-order valence-corrected chi connectivity index (χ2v) is 4.17. The molecule has 1 aromatic heterocycles. The summed E-state index contributed by atoms with van der Waals surface area (Å²) in [6.45, 7) is 1.67. The molecule has 2 rings (SSSR count). The van der Waals surface area contributed by atoms with E-state index in [9.17, 15) is 9.59 Å². The molecule has 1 atom stereocenters. The number of carbonyl (C=O) groups is 1. The van der Waals surface area contributed by atoms with Gasteiger partial charge in [-0.3, -0.25) is 14.6 Å². The number of H-pyrrole nitrogens is 1. The lowest BCUT2D eigenvalue weighted by atomic mass is 10.2. The Kier molecular flexibility index (Phi) is 3.37. The van der Waals surface area contributed by atoms with Crippen LogP contribution in [0, 0.1) is 0 Å². The molecular weight excluding hydrogens is 246 g/mol. The van der Waals surface area contributed by atoms with Crippen molar-refractivity contribution in [2.75, 3.05) is 18.1 Å². The first kappa shape index (κ1) is 12.9. The third kappa shape index (κ3) is 2.65. The Hall–Kier alpha value is -2.57. The molecule has 100 valence electrons. The molecule has 0 fully saturated rings. The zero-order chi connectivity index (χ0) is 14.0. The first-order chi connectivity index (χ1) is 9.01. The SMILES string of the molecule is CNC(=O)C(C)Nc1nc2ccc(N)cc2c(=O)[nH]1. The zero-order valence-corrected chi connectivity index (χ0v) is 10.7. The Balaban J connectivity index is 2.39. The van der Waals surface area contributed by atoms with E-state index >= 15 is 0 Å². The summed E-state index contributed by atoms with van der Waals surface area (Å²) in [5.74, 6) is 0.0541. The van der Waals surface area contributed by atoms with Gasteiger partial charge in [0.2, 0.25) is 11.9 Å². The number of hydrogen-bond acceptors (Lipinski definition) is 5. The van der Waals surface area contributed by atoms with Crippen molar-refractivity contribution in [3.05, 3.63) is 28.6 Å². The summed E-state index contributed by atoms with van der Waals surface area (Å²) in [5, 5.41) is 5.75. The molecule has 0 radical (unpaired) electrons. The van der Waals surface area contributed by atoms with Crippen LogP contribution in [0.3, 0.4) is 0 Å². The average molecular weight is 261 g/mol. The lowest BCUT2D eigenvalue weighted by Crippen LogP contribution is -2.36. The molecule has 0 saturated carbocycles. The van der Waals surface area contributed by atoms with Gasteiger partial charge in [0.05, 0.1) is 10.9 Å². The molecule has 7 heteroatoms. The van der Waals surface area contributed by atoms with Crippen LogP contribution in [0.4, 0.5) is 11.6 Å². The van der Waals surface area contributed by atoms with Crippen LogP contribution in [0.25, 0.3) is 10.9 Å². The highest BCUT2D eigenvalue weighted by Crippen LogP contribution is 2.13. The molecule has 0 aliphatic rings. The van der Waals surface area contributed by atoms with E-state index in [1.165, 1.54) is 0 Å². The molecule has 0 saturated heterocycles. The molecule has 2 aromatic rings. The molecule has 7 nitrogen and oxygen atoms in total. The number of amides is 1. The van der Waals surface area contributed by atoms with Gasteiger partial charge in [-0.05, 0) is 25.1 Å². The Morgan fingerprint density at radius 3 is 2.89 bits per heavy atom. The first-order valence-corrected chi connectivity index (χ1v) is 5.79. The van der Waals surface area contributed by atoms with E-state index in [4.69, 9.17) is 5.73 Å². The van der Waals surface area contributed by atoms with E-state index in [1.807, 2.05) is 0 Å². The van der Waals surface area contributed by atoms with E-state index in [-0.39, 0.29) is 17.4 Å². The minimum absolute atomic E-state index is 0.194. The number of aromatic nitrogens is 2. The molecule has 1 aromatic carbocycles. The Morgan fingerprint density at radius 2 is 2.21 bits per heavy atom. The molecule has 5 N–H and O–H groups in total. The Morgan fingerprint density at radius 1 is 1.47 bits per heavy atom. The van der Waals surface area contributed by atoms with Crippen LogP contribution in [0.5, 0.6) is 0 Å². The van der Waals surface area contributed by atoms with Crippen molar-refractivity contribution in [1.82, 2.24) is 15.3 Å². The number of hydrogen-bond donors (Lipinski definition) is 4. The van der Waals surface area contributed by atoms with Gasteiger partial charge < -0.3 is 16.4 Å². The monoisotopic (exact) mass is 261 g/mol. The van der Waals surface area contributed by atoms with Crippen molar-refractivity contribution in [3.8, 4) is 0 Å². The molecule has 1 unspecified atom stereocenters. The van der Waals surface area contributed by atoms with Crippen LogP contribution < -0.4 is 21.9 Å². The molecule has 0 spiro atoms. The van der Waals surface area contributed by atoms with Crippen molar-refractivity contribution in [2.24, 2.45) is 0 Å². The summed E-state index contributed by atoms with van der Waals surface area (Å²) in [4.78, 5) is 30.1. The predicted octanol–water partition coefficient (Wildman–Crippen LogP) is 0.0517. The molecule has 19 heavy (non-hydrogen) atoms. The number of carbonyl (C=O) groups excluding carboxylic acids is 1. The van der Waals surface area contributed by atoms with Crippen LogP contribution in [0.1, 0.15) is 6.92 Å². The van der Waals surface area contributed by atoms with E-state index < -0.39 is 6.04 Å². The fourth-order valence-corrected chi connectivity index (χ4v) is 1.71. The average Bonchev–Trinajstić information content (AvgIpc) is 2.38. The lowest BCUT2D eigenvalue weighted by Gasteiger charge is -2.12. The topological polar surface area (TPSA) is 113 Å². The van der Waals surface area contributed by atoms with Crippen molar-refractivity contribution in [3.63, 3.8) is 0 Å². The van der Waals surface area contributed by atoms with Gasteiger partial charge in [-0.15, -0.1) is 0 Å². The number of benzene rings is 1. The van der Waals surface area contributed by atoms with Crippen LogP contribution in [-0.4, -0.2) is 29.0 Å². The molecule has 1 heterocycles. The quantitative estimate of drug-likeness (QED) is 0.583. The molecule has 0 aliphatic carbocycles. The van der Waals surface area contributed by atoms with Crippen LogP contribution in [0.15, 0.2) is 23.0 Å². The highest BCUT2D eigenvalue weighted by atomic mass is 16.2. The van der Waals surface area contributed by atoms with Gasteiger partial charge in [0.25, 0.3) is 5.56 Å². The minimum atomic E-state index is -0.501. The van der Waals surface area contributed by atoms with E-state index in [1.54, 1.807) is 32.2 Å². The first-order valence-electron chi connectivity index (χ1n) is 5.79. The van der Waals surface area contributed by atoms with E-state index in [0.29, 0.717) is 16.6 Å². The second-order valence-electron chi connectivity index (χ2n) is 4.17. The minimum Gasteiger partial charge on any atom is -0.399 e. The highest BCUT2D eigenvalue weighted by Gasteiger charge is 2.12. The largest absolute Gasteiger partial charge is 0.399 e. The van der Waals surface area contributed by atoms with Crippen molar-refractivity contribution in [2.45, 2.75) is 13.0 Å². The van der Waals surface area contributed by atoms with Gasteiger partial charge in [0.15, 0.2) is 0 Å². The maximum absolute atomic E-state index is 11.9. The molecule has 1 amide bonds. The summed E-state index contributed by atoms with van der Waals surface area (Å²) >= 11 is 0. The number of nitrogens with zero attached hydrogens (tertiary/aromatic N) is 1. The fourth-order valence-electron chi connectivity index (χ4n) is 1.71. The van der Waals surface area contributed by atoms with Gasteiger partial charge in [0.1, 0.15) is 6.04 Å². The fraction of sp³-hybridized carbons (Fsp3) is 0.250. The normalized spacial score (nSPS) is 12.1. The summed E-state index contributed by atoms with van der Waals surface area (Å²) in [7, 11) is 1.54. The number of nitrogens with one attached hydrogen (secondary N) is 3. The molecule has 0 bridgehead atoms. The maximum Gasteiger partial charge on any atom is 0.260 e. The van der Waals surface area contributed by atoms with Gasteiger partial charge in [-0.1, -0.05) is 0 Å². The van der Waals surface area contributed by atoms with Crippen LogP contribution in [-0.2, 0) is 4.79 Å². The number of rotatable bonds is 3. The smallest absolute Gasteiger partial charge is 0.260 e. The second kappa shape index (κ2) is 4.97. The van der Waals surface area contributed by atoms with Crippen LogP contribution >= 0.6 is 0 Å². The Bertz CT molecular complexity index is 679. The number of aromatic amines is 1. The number of nitrogens with two attached hydrogens (primary N) is 1. The van der Waals surface area contributed by atoms with Gasteiger partial charge >= 0.3 is 0 Å². The maximum atomic E-state index is 11.9. The standard InChI is InChI=1S/C12H15N5O2/c1-6(10(18)14-2)15-12-16-9-4-3-7(13)5-8(9)11(19)17-12/h3-6H,13H2,1-2H3,(H,14,18)(H2,15,16,17,19). The van der Waals surface area contributed by atoms with Crippen molar-refractivity contribution >= 4 is 28.4 Å². The number of anilines is 2. The lowest BCUT2D eigenvalue weighted by molar-refractivity contribution is -0.121. The van der Waals surface area contributed by atoms with Gasteiger partial charge in [0, 0.05) is 12.7 Å². The summed E-state index contributed by atoms with van der Waals surface area (Å²) in [6.07, 6.45) is 0. The molecular formula is C12H15N5O2. The summed E-state index contributed by atoms with van der Waals surface area (Å²) in [6, 6.07) is 4.39. The zero-order valence-electron chi connectivity index (χ0n) is 10.7. The highest BCUT2D eigenvalue weighted by molar-refractivity contribution is 5.84. The summed E-state index contributed by atoms with van der Waals surface area (Å²) in [5.41, 5.74) is 6.34. The van der Waals surface area contributed by atoms with Crippen molar-refractivity contribution < 1.29 is 4.79 Å². The van der Waals surface area contributed by atoms with Crippen LogP contribution in [0.2, 0.25) is 0 Å². The van der Waals surface area contributed by atoms with Gasteiger partial charge in [-0.25, -0.2) is 4.98 Å². The number of likely N-dealkylation sites (N-methyl/N-ethyl adjacent to an activating group) is 1.